The lowest BCUT2D eigenvalue weighted by Gasteiger charge is -2.34. The van der Waals surface area contributed by atoms with Crippen molar-refractivity contribution in [3.63, 3.8) is 0 Å². The van der Waals surface area contributed by atoms with Crippen molar-refractivity contribution in [1.29, 1.82) is 0 Å². The molecule has 0 aromatic heterocycles. The fourth-order valence-electron chi connectivity index (χ4n) is 3.90. The number of benzene rings is 3. The van der Waals surface area contributed by atoms with E-state index in [9.17, 15) is 0 Å². The van der Waals surface area contributed by atoms with E-state index in [-0.39, 0.29) is 5.04 Å². The standard InChI is InChI=1S/C25H29BrOSi/c1-20-16-21(17-26)14-15-22(20)18-27-19-25(2,3)28(23-10-6-4-7-11-23)24-12-8-5-9-13-24/h4-16,28H,17-19H2,1-3H3. The maximum Gasteiger partial charge on any atom is 0.110 e. The summed E-state index contributed by atoms with van der Waals surface area (Å²) < 4.78 is 6.29. The molecule has 1 nitrogen and oxygen atoms in total. The molecule has 146 valence electrons. The fourth-order valence-corrected chi connectivity index (χ4v) is 7.93. The molecular formula is C25H29BrOSi. The van der Waals surface area contributed by atoms with Crippen LogP contribution in [-0.4, -0.2) is 15.4 Å². The first-order valence-electron chi connectivity index (χ1n) is 9.83. The largest absolute Gasteiger partial charge is 0.376 e. The molecule has 0 saturated heterocycles. The molecule has 0 spiro atoms. The van der Waals surface area contributed by atoms with Crippen LogP contribution in [0.4, 0.5) is 0 Å². The predicted octanol–water partition coefficient (Wildman–Crippen LogP) is 5.23. The van der Waals surface area contributed by atoms with Crippen LogP contribution in [0.3, 0.4) is 0 Å². The second-order valence-electron chi connectivity index (χ2n) is 8.13. The molecule has 0 heterocycles. The summed E-state index contributed by atoms with van der Waals surface area (Å²) in [6, 6.07) is 28.6. The number of alkyl halides is 1. The Balaban J connectivity index is 1.76. The maximum atomic E-state index is 6.29. The van der Waals surface area contributed by atoms with Gasteiger partial charge in [-0.15, -0.1) is 0 Å². The van der Waals surface area contributed by atoms with Gasteiger partial charge in [-0.2, -0.15) is 0 Å². The van der Waals surface area contributed by atoms with Gasteiger partial charge < -0.3 is 4.74 Å². The third-order valence-corrected chi connectivity index (χ3v) is 9.82. The number of hydrogen-bond acceptors (Lipinski definition) is 1. The van der Waals surface area contributed by atoms with Crippen LogP contribution < -0.4 is 10.4 Å². The SMILES string of the molecule is Cc1cc(CBr)ccc1COCC(C)(C)[SiH](c1ccccc1)c1ccccc1. The van der Waals surface area contributed by atoms with Crippen molar-refractivity contribution in [3.8, 4) is 0 Å². The molecule has 0 saturated carbocycles. The van der Waals surface area contributed by atoms with E-state index in [4.69, 9.17) is 4.74 Å². The van der Waals surface area contributed by atoms with Crippen LogP contribution in [0.5, 0.6) is 0 Å². The number of ether oxygens (including phenoxy) is 1. The number of aryl methyl sites for hydroxylation is 1. The minimum absolute atomic E-state index is 0.104. The zero-order chi connectivity index (χ0) is 20.0. The zero-order valence-corrected chi connectivity index (χ0v) is 19.7. The van der Waals surface area contributed by atoms with E-state index in [1.807, 2.05) is 0 Å². The van der Waals surface area contributed by atoms with Gasteiger partial charge in [0.25, 0.3) is 0 Å². The van der Waals surface area contributed by atoms with Crippen molar-refractivity contribution in [1.82, 2.24) is 0 Å². The average Bonchev–Trinajstić information content (AvgIpc) is 2.70. The van der Waals surface area contributed by atoms with E-state index in [0.717, 1.165) is 11.9 Å². The molecule has 0 atom stereocenters. The van der Waals surface area contributed by atoms with Gasteiger partial charge in [0.15, 0.2) is 0 Å². The smallest absolute Gasteiger partial charge is 0.110 e. The number of rotatable bonds is 8. The Hall–Kier alpha value is -1.68. The normalized spacial score (nSPS) is 11.8. The first-order valence-corrected chi connectivity index (χ1v) is 12.7. The molecule has 3 aromatic carbocycles. The van der Waals surface area contributed by atoms with Gasteiger partial charge in [-0.1, -0.05) is 119 Å². The summed E-state index contributed by atoms with van der Waals surface area (Å²) in [4.78, 5) is 0. The Kier molecular flexibility index (Phi) is 7.28. The fraction of sp³-hybridized carbons (Fsp3) is 0.280. The number of halogens is 1. The maximum absolute atomic E-state index is 6.29. The molecule has 0 bridgehead atoms. The lowest BCUT2D eigenvalue weighted by Crippen LogP contribution is -2.51. The van der Waals surface area contributed by atoms with E-state index >= 15 is 0 Å². The number of hydrogen-bond donors (Lipinski definition) is 0. The quantitative estimate of drug-likeness (QED) is 0.335. The average molecular weight is 453 g/mol. The first kappa shape index (κ1) is 21.0. The van der Waals surface area contributed by atoms with Crippen molar-refractivity contribution in [2.75, 3.05) is 6.61 Å². The molecule has 0 fully saturated rings. The van der Waals surface area contributed by atoms with Gasteiger partial charge in [0.2, 0.25) is 0 Å². The first-order chi connectivity index (χ1) is 13.5. The van der Waals surface area contributed by atoms with Gasteiger partial charge in [0.05, 0.1) is 13.2 Å². The Bertz CT molecular complexity index is 838. The second-order valence-corrected chi connectivity index (χ2v) is 12.5. The molecule has 3 heteroatoms. The van der Waals surface area contributed by atoms with Gasteiger partial charge in [-0.05, 0) is 28.7 Å². The van der Waals surface area contributed by atoms with E-state index in [1.54, 1.807) is 0 Å². The predicted molar refractivity (Wildman–Crippen MR) is 127 cm³/mol. The Morgan fingerprint density at radius 1 is 0.857 bits per heavy atom. The van der Waals surface area contributed by atoms with Crippen LogP contribution in [0.1, 0.15) is 30.5 Å². The Labute approximate surface area is 179 Å². The van der Waals surface area contributed by atoms with Crippen molar-refractivity contribution in [3.05, 3.63) is 95.6 Å². The molecule has 0 aliphatic rings. The Morgan fingerprint density at radius 2 is 1.43 bits per heavy atom. The minimum Gasteiger partial charge on any atom is -0.376 e. The topological polar surface area (TPSA) is 9.23 Å². The van der Waals surface area contributed by atoms with Gasteiger partial charge in [-0.25, -0.2) is 0 Å². The summed E-state index contributed by atoms with van der Waals surface area (Å²) in [6.07, 6.45) is 0. The summed E-state index contributed by atoms with van der Waals surface area (Å²) in [5.74, 6) is 0. The molecule has 3 rings (SSSR count). The lowest BCUT2D eigenvalue weighted by molar-refractivity contribution is 0.101. The summed E-state index contributed by atoms with van der Waals surface area (Å²) in [6.45, 7) is 8.33. The van der Waals surface area contributed by atoms with Crippen molar-refractivity contribution in [2.45, 2.75) is 37.7 Å². The molecule has 0 amide bonds. The molecular weight excluding hydrogens is 424 g/mol. The lowest BCUT2D eigenvalue weighted by atomic mass is 10.1. The van der Waals surface area contributed by atoms with Crippen LogP contribution in [0.15, 0.2) is 78.9 Å². The van der Waals surface area contributed by atoms with E-state index in [2.05, 4.69) is 116 Å². The second kappa shape index (κ2) is 9.68. The summed E-state index contributed by atoms with van der Waals surface area (Å²) in [7, 11) is -1.44. The highest BCUT2D eigenvalue weighted by Gasteiger charge is 2.34. The highest BCUT2D eigenvalue weighted by atomic mass is 79.9. The summed E-state index contributed by atoms with van der Waals surface area (Å²) in [5.41, 5.74) is 3.88. The molecule has 0 radical (unpaired) electrons. The van der Waals surface area contributed by atoms with Crippen LogP contribution in [-0.2, 0) is 16.7 Å². The molecule has 3 aromatic rings. The third-order valence-electron chi connectivity index (χ3n) is 5.34. The summed E-state index contributed by atoms with van der Waals surface area (Å²) >= 11 is 3.53. The van der Waals surface area contributed by atoms with Crippen LogP contribution in [0, 0.1) is 6.92 Å². The van der Waals surface area contributed by atoms with Crippen molar-refractivity contribution >= 4 is 35.1 Å². The molecule has 0 N–H and O–H groups in total. The van der Waals surface area contributed by atoms with E-state index < -0.39 is 8.80 Å². The van der Waals surface area contributed by atoms with E-state index in [0.29, 0.717) is 6.61 Å². The molecule has 0 aliphatic carbocycles. The third kappa shape index (κ3) is 5.22. The van der Waals surface area contributed by atoms with Crippen LogP contribution in [0.2, 0.25) is 5.04 Å². The molecule has 28 heavy (non-hydrogen) atoms. The van der Waals surface area contributed by atoms with Gasteiger partial charge in [0.1, 0.15) is 8.80 Å². The van der Waals surface area contributed by atoms with Gasteiger partial charge in [-0.3, -0.25) is 0 Å². The van der Waals surface area contributed by atoms with Gasteiger partial charge in [0, 0.05) is 5.33 Å². The van der Waals surface area contributed by atoms with Gasteiger partial charge >= 0.3 is 0 Å². The van der Waals surface area contributed by atoms with Crippen LogP contribution >= 0.6 is 15.9 Å². The molecule has 0 unspecified atom stereocenters. The highest BCUT2D eigenvalue weighted by Crippen LogP contribution is 2.29. The highest BCUT2D eigenvalue weighted by molar-refractivity contribution is 9.08. The van der Waals surface area contributed by atoms with Crippen molar-refractivity contribution < 1.29 is 4.74 Å². The monoisotopic (exact) mass is 452 g/mol. The molecule has 0 aliphatic heterocycles. The van der Waals surface area contributed by atoms with E-state index in [1.165, 1.54) is 27.1 Å². The summed E-state index contributed by atoms with van der Waals surface area (Å²) in [5, 5.41) is 3.94. The van der Waals surface area contributed by atoms with Crippen molar-refractivity contribution in [2.24, 2.45) is 0 Å². The zero-order valence-electron chi connectivity index (χ0n) is 17.0. The van der Waals surface area contributed by atoms with Crippen LogP contribution in [0.25, 0.3) is 0 Å². The Morgan fingerprint density at radius 3 is 1.93 bits per heavy atom. The minimum atomic E-state index is -1.44.